The summed E-state index contributed by atoms with van der Waals surface area (Å²) in [5.41, 5.74) is 0. The fourth-order valence-electron chi connectivity index (χ4n) is 9.86. The minimum atomic E-state index is -0.760. The molecule has 0 rings (SSSR count). The maximum atomic E-state index is 12.8. The average molecular weight is 976 g/mol. The quantitative estimate of drug-likeness (QED) is 0.0343. The largest absolute Gasteiger partial charge is 0.462 e. The molecule has 1 atom stereocenters. The molecule has 6 nitrogen and oxygen atoms in total. The van der Waals surface area contributed by atoms with Crippen molar-refractivity contribution in [2.45, 2.75) is 374 Å². The molecule has 0 aromatic carbocycles. The van der Waals surface area contributed by atoms with Gasteiger partial charge in [0.05, 0.1) is 0 Å². The summed E-state index contributed by atoms with van der Waals surface area (Å²) in [5.74, 6) is -0.837. The third-order valence-corrected chi connectivity index (χ3v) is 14.6. The van der Waals surface area contributed by atoms with Crippen LogP contribution in [-0.2, 0) is 28.6 Å². The van der Waals surface area contributed by atoms with E-state index in [0.717, 1.165) is 57.8 Å². The van der Waals surface area contributed by atoms with E-state index in [-0.39, 0.29) is 31.1 Å². The average Bonchev–Trinajstić information content (AvgIpc) is 3.35. The highest BCUT2D eigenvalue weighted by atomic mass is 16.6. The monoisotopic (exact) mass is 975 g/mol. The maximum absolute atomic E-state index is 12.8. The van der Waals surface area contributed by atoms with E-state index in [9.17, 15) is 14.4 Å². The first-order valence-electron chi connectivity index (χ1n) is 31.5. The Bertz CT molecular complexity index is 1030. The maximum Gasteiger partial charge on any atom is 0.306 e. The second-order valence-corrected chi connectivity index (χ2v) is 21.7. The molecule has 6 heteroatoms. The molecule has 69 heavy (non-hydrogen) atoms. The van der Waals surface area contributed by atoms with Crippen molar-refractivity contribution >= 4 is 17.9 Å². The molecule has 0 aromatic rings. The Kier molecular flexibility index (Phi) is 57.6. The predicted octanol–water partition coefficient (Wildman–Crippen LogP) is 21.1. The Balaban J connectivity index is 4.01. The van der Waals surface area contributed by atoms with Gasteiger partial charge in [0.1, 0.15) is 13.2 Å². The van der Waals surface area contributed by atoms with E-state index < -0.39 is 6.10 Å². The van der Waals surface area contributed by atoms with Gasteiger partial charge in [-0.3, -0.25) is 14.4 Å². The van der Waals surface area contributed by atoms with Gasteiger partial charge in [-0.2, -0.15) is 0 Å². The third-order valence-electron chi connectivity index (χ3n) is 14.6. The van der Waals surface area contributed by atoms with Crippen LogP contribution in [0, 0.1) is 0 Å². The van der Waals surface area contributed by atoms with Crippen LogP contribution < -0.4 is 0 Å². The molecular formula is C63H122O6. The Labute approximate surface area is 431 Å². The molecule has 0 aliphatic rings. The number of hydrogen-bond acceptors (Lipinski definition) is 6. The highest BCUT2D eigenvalue weighted by molar-refractivity contribution is 5.71. The molecular weight excluding hydrogens is 853 g/mol. The lowest BCUT2D eigenvalue weighted by Crippen LogP contribution is -2.30. The minimum absolute atomic E-state index is 0.0615. The number of carbonyl (C=O) groups excluding carboxylic acids is 3. The molecule has 0 radical (unpaired) electrons. The van der Waals surface area contributed by atoms with E-state index >= 15 is 0 Å². The summed E-state index contributed by atoms with van der Waals surface area (Å²) in [4.78, 5) is 38.0. The third kappa shape index (κ3) is 57.2. The second-order valence-electron chi connectivity index (χ2n) is 21.7. The van der Waals surface area contributed by atoms with Gasteiger partial charge in [-0.15, -0.1) is 0 Å². The van der Waals surface area contributed by atoms with Gasteiger partial charge in [-0.05, 0) is 19.3 Å². The van der Waals surface area contributed by atoms with Crippen molar-refractivity contribution in [3.05, 3.63) is 0 Å². The van der Waals surface area contributed by atoms with Crippen molar-refractivity contribution in [2.75, 3.05) is 13.2 Å². The van der Waals surface area contributed by atoms with E-state index in [0.29, 0.717) is 19.3 Å². The molecule has 1 unspecified atom stereocenters. The van der Waals surface area contributed by atoms with Crippen molar-refractivity contribution in [3.63, 3.8) is 0 Å². The van der Waals surface area contributed by atoms with Gasteiger partial charge in [-0.25, -0.2) is 0 Å². The van der Waals surface area contributed by atoms with Gasteiger partial charge >= 0.3 is 17.9 Å². The summed E-state index contributed by atoms with van der Waals surface area (Å²) in [6, 6.07) is 0. The van der Waals surface area contributed by atoms with Crippen molar-refractivity contribution in [3.8, 4) is 0 Å². The first kappa shape index (κ1) is 67.4. The van der Waals surface area contributed by atoms with Gasteiger partial charge in [0.25, 0.3) is 0 Å². The van der Waals surface area contributed by atoms with E-state index in [4.69, 9.17) is 14.2 Å². The zero-order valence-electron chi connectivity index (χ0n) is 47.1. The second kappa shape index (κ2) is 59.0. The molecule has 0 fully saturated rings. The fourth-order valence-corrected chi connectivity index (χ4v) is 9.86. The van der Waals surface area contributed by atoms with E-state index in [1.165, 1.54) is 270 Å². The van der Waals surface area contributed by atoms with Gasteiger partial charge in [0.15, 0.2) is 6.10 Å². The van der Waals surface area contributed by atoms with Gasteiger partial charge < -0.3 is 14.2 Å². The molecule has 0 aliphatic carbocycles. The van der Waals surface area contributed by atoms with Crippen LogP contribution in [0.2, 0.25) is 0 Å². The lowest BCUT2D eigenvalue weighted by molar-refractivity contribution is -0.167. The number of rotatable bonds is 59. The van der Waals surface area contributed by atoms with Crippen LogP contribution in [0.3, 0.4) is 0 Å². The molecule has 0 saturated carbocycles. The Morgan fingerprint density at radius 2 is 0.391 bits per heavy atom. The first-order chi connectivity index (χ1) is 34.0. The SMILES string of the molecule is CCCCCCCCCCCCCCCCCCCCCCCCCCCCCCC(=O)OCC(COC(=O)CCCCCCCCCC)OC(=O)CCCCCCCCCCCCCCCCC. The molecule has 0 amide bonds. The van der Waals surface area contributed by atoms with Crippen LogP contribution in [0.1, 0.15) is 367 Å². The molecule has 0 bridgehead atoms. The Hall–Kier alpha value is -1.59. The number of esters is 3. The number of ether oxygens (including phenoxy) is 3. The standard InChI is InChI=1S/C63H122O6/c1-4-7-10-13-16-19-21-23-25-26-27-28-29-30-31-32-33-34-35-36-37-39-40-42-44-47-50-53-56-62(65)68-59-60(58-67-61(64)55-52-49-46-18-15-12-9-6-3)69-63(66)57-54-51-48-45-43-41-38-24-22-20-17-14-11-8-5-2/h60H,4-59H2,1-3H3. The minimum Gasteiger partial charge on any atom is -0.462 e. The molecule has 0 heterocycles. The number of carbonyl (C=O) groups is 3. The van der Waals surface area contributed by atoms with Crippen molar-refractivity contribution in [1.29, 1.82) is 0 Å². The van der Waals surface area contributed by atoms with Crippen molar-refractivity contribution in [1.82, 2.24) is 0 Å². The highest BCUT2D eigenvalue weighted by Gasteiger charge is 2.19. The molecule has 0 spiro atoms. The van der Waals surface area contributed by atoms with Crippen LogP contribution >= 0.6 is 0 Å². The highest BCUT2D eigenvalue weighted by Crippen LogP contribution is 2.18. The van der Waals surface area contributed by atoms with Gasteiger partial charge in [0, 0.05) is 19.3 Å². The summed E-state index contributed by atoms with van der Waals surface area (Å²) in [6.07, 6.45) is 67.1. The number of unbranched alkanes of at least 4 members (excludes halogenated alkanes) is 48. The summed E-state index contributed by atoms with van der Waals surface area (Å²) >= 11 is 0. The molecule has 410 valence electrons. The Morgan fingerprint density at radius 1 is 0.232 bits per heavy atom. The first-order valence-corrected chi connectivity index (χ1v) is 31.5. The topological polar surface area (TPSA) is 78.9 Å². The smallest absolute Gasteiger partial charge is 0.306 e. The summed E-state index contributed by atoms with van der Waals surface area (Å²) in [5, 5.41) is 0. The number of hydrogen-bond donors (Lipinski definition) is 0. The normalized spacial score (nSPS) is 11.9. The fraction of sp³-hybridized carbons (Fsp3) is 0.952. The van der Waals surface area contributed by atoms with E-state index in [1.807, 2.05) is 0 Å². The van der Waals surface area contributed by atoms with Crippen molar-refractivity contribution in [2.24, 2.45) is 0 Å². The molecule has 0 saturated heterocycles. The van der Waals surface area contributed by atoms with Crippen LogP contribution in [-0.4, -0.2) is 37.2 Å². The molecule has 0 aromatic heterocycles. The Morgan fingerprint density at radius 3 is 0.580 bits per heavy atom. The van der Waals surface area contributed by atoms with Gasteiger partial charge in [0.2, 0.25) is 0 Å². The van der Waals surface area contributed by atoms with Gasteiger partial charge in [-0.1, -0.05) is 329 Å². The van der Waals surface area contributed by atoms with Crippen LogP contribution in [0.25, 0.3) is 0 Å². The van der Waals surface area contributed by atoms with E-state index in [2.05, 4.69) is 20.8 Å². The van der Waals surface area contributed by atoms with Crippen molar-refractivity contribution < 1.29 is 28.6 Å². The predicted molar refractivity (Wildman–Crippen MR) is 298 cm³/mol. The summed E-state index contributed by atoms with van der Waals surface area (Å²) in [7, 11) is 0. The zero-order chi connectivity index (χ0) is 50.0. The zero-order valence-corrected chi connectivity index (χ0v) is 47.1. The van der Waals surface area contributed by atoms with Crippen LogP contribution in [0.15, 0.2) is 0 Å². The van der Waals surface area contributed by atoms with Crippen LogP contribution in [0.5, 0.6) is 0 Å². The summed E-state index contributed by atoms with van der Waals surface area (Å²) in [6.45, 7) is 6.68. The van der Waals surface area contributed by atoms with E-state index in [1.54, 1.807) is 0 Å². The summed E-state index contributed by atoms with van der Waals surface area (Å²) < 4.78 is 16.8. The van der Waals surface area contributed by atoms with Crippen LogP contribution in [0.4, 0.5) is 0 Å². The molecule has 0 aliphatic heterocycles. The lowest BCUT2D eigenvalue weighted by atomic mass is 10.0. The molecule has 0 N–H and O–H groups in total. The lowest BCUT2D eigenvalue weighted by Gasteiger charge is -2.18.